The molecular weight excluding hydrogens is 412 g/mol. The van der Waals surface area contributed by atoms with Crippen LogP contribution in [0.3, 0.4) is 0 Å². The van der Waals surface area contributed by atoms with Gasteiger partial charge < -0.3 is 25.0 Å². The van der Waals surface area contributed by atoms with Gasteiger partial charge in [0.15, 0.2) is 0 Å². The van der Waals surface area contributed by atoms with Gasteiger partial charge in [-0.25, -0.2) is 14.6 Å². The third kappa shape index (κ3) is 5.12. The van der Waals surface area contributed by atoms with Gasteiger partial charge in [0.2, 0.25) is 0 Å². The fourth-order valence-electron chi connectivity index (χ4n) is 4.02. The van der Waals surface area contributed by atoms with Gasteiger partial charge in [0.25, 0.3) is 0 Å². The van der Waals surface area contributed by atoms with E-state index in [9.17, 15) is 19.8 Å². The summed E-state index contributed by atoms with van der Waals surface area (Å²) in [5.41, 5.74) is 2.97. The van der Waals surface area contributed by atoms with Crippen LogP contribution in [0.1, 0.15) is 35.6 Å². The first-order valence-corrected chi connectivity index (χ1v) is 10.7. The summed E-state index contributed by atoms with van der Waals surface area (Å²) in [5, 5.41) is 23.5. The van der Waals surface area contributed by atoms with Crippen molar-refractivity contribution in [3.8, 4) is 5.75 Å². The lowest BCUT2D eigenvalue weighted by atomic mass is 10.0. The van der Waals surface area contributed by atoms with Crippen molar-refractivity contribution in [3.63, 3.8) is 0 Å². The van der Waals surface area contributed by atoms with Gasteiger partial charge >= 0.3 is 11.4 Å². The summed E-state index contributed by atoms with van der Waals surface area (Å²) in [6, 6.07) is 13.4. The van der Waals surface area contributed by atoms with Crippen molar-refractivity contribution >= 4 is 5.69 Å². The predicted molar refractivity (Wildman–Crippen MR) is 120 cm³/mol. The molecule has 1 aromatic heterocycles. The molecule has 9 nitrogen and oxygen atoms in total. The van der Waals surface area contributed by atoms with Gasteiger partial charge in [0.1, 0.15) is 5.75 Å². The summed E-state index contributed by atoms with van der Waals surface area (Å²) < 4.78 is 5.80. The predicted octanol–water partition coefficient (Wildman–Crippen LogP) is 1.48. The van der Waals surface area contributed by atoms with Crippen LogP contribution in [0, 0.1) is 6.92 Å². The average Bonchev–Trinajstić information content (AvgIpc) is 3.11. The van der Waals surface area contributed by atoms with Gasteiger partial charge in [-0.15, -0.1) is 4.74 Å². The summed E-state index contributed by atoms with van der Waals surface area (Å²) in [7, 11) is 0. The Morgan fingerprint density at radius 2 is 1.88 bits per heavy atom. The highest BCUT2D eigenvalue weighted by atomic mass is 16.5. The number of hydrogen-bond donors (Lipinski definition) is 4. The molecule has 0 amide bonds. The van der Waals surface area contributed by atoms with Crippen molar-refractivity contribution in [2.45, 2.75) is 38.5 Å². The van der Waals surface area contributed by atoms with Crippen molar-refractivity contribution in [2.24, 2.45) is 0 Å². The lowest BCUT2D eigenvalue weighted by Gasteiger charge is -2.34. The zero-order valence-electron chi connectivity index (χ0n) is 18.0. The standard InChI is InChI=1S/C23H28N4O5/c1-15-12-17(4-7-20(15)28)21(29)13-24-18-8-10-26(11-9-18)19-5-2-16(3-6-19)14-27-22(30)25-23(31)32-27/h2-7,12,18,21,24,28-29H,8-11,13-14H2,1H3,(H,25,30,31)/t21-/m0/s1. The maximum atomic E-state index is 11.6. The number of benzene rings is 2. The minimum atomic E-state index is -0.756. The number of nitrogens with one attached hydrogen (secondary N) is 2. The Labute approximate surface area is 184 Å². The van der Waals surface area contributed by atoms with Gasteiger partial charge in [0, 0.05) is 31.4 Å². The number of nitrogens with zero attached hydrogens (tertiary/aromatic N) is 2. The molecule has 9 heteroatoms. The van der Waals surface area contributed by atoms with E-state index in [1.54, 1.807) is 12.1 Å². The van der Waals surface area contributed by atoms with Crippen LogP contribution >= 0.6 is 0 Å². The van der Waals surface area contributed by atoms with Gasteiger partial charge in [-0.1, -0.05) is 18.2 Å². The molecule has 32 heavy (non-hydrogen) atoms. The molecule has 3 aromatic rings. The van der Waals surface area contributed by atoms with E-state index in [0.29, 0.717) is 12.6 Å². The molecule has 0 aliphatic carbocycles. The molecule has 0 spiro atoms. The van der Waals surface area contributed by atoms with Gasteiger partial charge in [-0.05, 0) is 60.7 Å². The van der Waals surface area contributed by atoms with Crippen molar-refractivity contribution in [3.05, 3.63) is 80.2 Å². The molecule has 2 heterocycles. The highest BCUT2D eigenvalue weighted by molar-refractivity contribution is 5.48. The van der Waals surface area contributed by atoms with E-state index >= 15 is 0 Å². The molecule has 1 aliphatic heterocycles. The Morgan fingerprint density at radius 3 is 2.50 bits per heavy atom. The first-order chi connectivity index (χ1) is 15.4. The molecule has 1 aliphatic rings. The van der Waals surface area contributed by atoms with E-state index in [1.165, 1.54) is 0 Å². The van der Waals surface area contributed by atoms with E-state index in [0.717, 1.165) is 53.0 Å². The minimum Gasteiger partial charge on any atom is -0.508 e. The van der Waals surface area contributed by atoms with Gasteiger partial charge in [-0.3, -0.25) is 0 Å². The van der Waals surface area contributed by atoms with E-state index in [2.05, 4.69) is 15.2 Å². The molecule has 1 atom stereocenters. The number of H-pyrrole nitrogens is 1. The maximum Gasteiger partial charge on any atom is 0.440 e. The molecule has 0 saturated carbocycles. The fourth-order valence-corrected chi connectivity index (χ4v) is 4.02. The number of aryl methyl sites for hydroxylation is 1. The van der Waals surface area contributed by atoms with Crippen LogP contribution in [0.25, 0.3) is 0 Å². The zero-order chi connectivity index (χ0) is 22.7. The Bertz CT molecular complexity index is 1160. The van der Waals surface area contributed by atoms with E-state index < -0.39 is 17.5 Å². The summed E-state index contributed by atoms with van der Waals surface area (Å²) in [5.74, 6) is -0.520. The second-order valence-electron chi connectivity index (χ2n) is 8.24. The molecule has 0 unspecified atom stereocenters. The number of phenols is 1. The number of rotatable bonds is 7. The minimum absolute atomic E-state index is 0.201. The normalized spacial score (nSPS) is 15.8. The molecule has 0 bridgehead atoms. The van der Waals surface area contributed by atoms with Crippen molar-refractivity contribution in [1.29, 1.82) is 0 Å². The van der Waals surface area contributed by atoms with Crippen LogP contribution in [0.4, 0.5) is 5.69 Å². The van der Waals surface area contributed by atoms with Crippen LogP contribution in [-0.2, 0) is 6.54 Å². The van der Waals surface area contributed by atoms with Crippen molar-refractivity contribution in [1.82, 2.24) is 15.0 Å². The Morgan fingerprint density at radius 1 is 1.16 bits per heavy atom. The monoisotopic (exact) mass is 440 g/mol. The van der Waals surface area contributed by atoms with Crippen LogP contribution in [0.15, 0.2) is 56.6 Å². The van der Waals surface area contributed by atoms with Gasteiger partial charge in [0.05, 0.1) is 12.6 Å². The molecular formula is C23H28N4O5. The molecule has 1 fully saturated rings. The quantitative estimate of drug-likeness (QED) is 0.439. The number of phenolic OH excluding ortho intramolecular Hbond substituents is 1. The zero-order valence-corrected chi connectivity index (χ0v) is 18.0. The number of anilines is 1. The van der Waals surface area contributed by atoms with E-state index in [4.69, 9.17) is 4.52 Å². The number of aromatic nitrogens is 2. The van der Waals surface area contributed by atoms with Crippen molar-refractivity contribution < 1.29 is 14.7 Å². The van der Waals surface area contributed by atoms with Crippen LogP contribution in [0.5, 0.6) is 5.75 Å². The number of aromatic amines is 1. The number of hydrogen-bond acceptors (Lipinski definition) is 7. The number of aromatic hydroxyl groups is 1. The lowest BCUT2D eigenvalue weighted by Crippen LogP contribution is -2.43. The SMILES string of the molecule is Cc1cc([C@@H](O)CNC2CCN(c3ccc(Cn4oc(=O)[nH]c4=O)cc3)CC2)ccc1O. The van der Waals surface area contributed by atoms with Crippen LogP contribution in [-0.4, -0.2) is 45.6 Å². The number of aliphatic hydroxyl groups excluding tert-OH is 1. The van der Waals surface area contributed by atoms with Gasteiger partial charge in [-0.2, -0.15) is 0 Å². The third-order valence-corrected chi connectivity index (χ3v) is 5.96. The highest BCUT2D eigenvalue weighted by Crippen LogP contribution is 2.23. The first kappa shape index (κ1) is 21.9. The van der Waals surface area contributed by atoms with Crippen LogP contribution < -0.4 is 21.7 Å². The molecule has 0 radical (unpaired) electrons. The Balaban J connectivity index is 1.26. The number of aliphatic hydroxyl groups is 1. The Kier molecular flexibility index (Phi) is 6.48. The maximum absolute atomic E-state index is 11.6. The molecule has 2 aromatic carbocycles. The summed E-state index contributed by atoms with van der Waals surface area (Å²) in [6.45, 7) is 4.29. The molecule has 170 valence electrons. The Hall–Kier alpha value is -3.30. The smallest absolute Gasteiger partial charge is 0.440 e. The van der Waals surface area contributed by atoms with Crippen LogP contribution in [0.2, 0.25) is 0 Å². The molecule has 1 saturated heterocycles. The highest BCUT2D eigenvalue weighted by Gasteiger charge is 2.20. The largest absolute Gasteiger partial charge is 0.508 e. The second-order valence-corrected chi connectivity index (χ2v) is 8.24. The number of piperidine rings is 1. The topological polar surface area (TPSA) is 124 Å². The third-order valence-electron chi connectivity index (χ3n) is 5.96. The van der Waals surface area contributed by atoms with E-state index in [-0.39, 0.29) is 12.3 Å². The van der Waals surface area contributed by atoms with E-state index in [1.807, 2.05) is 37.3 Å². The molecule has 4 N–H and O–H groups in total. The summed E-state index contributed by atoms with van der Waals surface area (Å²) in [4.78, 5) is 27.0. The molecule has 4 rings (SSSR count). The lowest BCUT2D eigenvalue weighted by molar-refractivity contribution is 0.167. The second kappa shape index (κ2) is 9.46. The summed E-state index contributed by atoms with van der Waals surface area (Å²) >= 11 is 0. The first-order valence-electron chi connectivity index (χ1n) is 10.7. The van der Waals surface area contributed by atoms with Crippen molar-refractivity contribution in [2.75, 3.05) is 24.5 Å². The fraction of sp³-hybridized carbons (Fsp3) is 0.391. The summed E-state index contributed by atoms with van der Waals surface area (Å²) in [6.07, 6.45) is 1.32. The average molecular weight is 441 g/mol.